The second-order valence-corrected chi connectivity index (χ2v) is 3.69. The number of halogens is 2. The molecule has 0 amide bonds. The molecule has 0 bridgehead atoms. The fourth-order valence-electron chi connectivity index (χ4n) is 1.38. The molecule has 0 aliphatic heterocycles. The Kier molecular flexibility index (Phi) is 3.78. The summed E-state index contributed by atoms with van der Waals surface area (Å²) >= 11 is 5.81. The summed E-state index contributed by atoms with van der Waals surface area (Å²) in [6.45, 7) is 0. The summed E-state index contributed by atoms with van der Waals surface area (Å²) in [6, 6.07) is 5.74. The van der Waals surface area contributed by atoms with Gasteiger partial charge in [-0.2, -0.15) is 10.2 Å². The van der Waals surface area contributed by atoms with Crippen molar-refractivity contribution in [1.82, 2.24) is 9.97 Å². The molecule has 2 rings (SSSR count). The van der Waals surface area contributed by atoms with E-state index in [1.165, 1.54) is 25.6 Å². The first-order valence-electron chi connectivity index (χ1n) is 5.08. The predicted molar refractivity (Wildman–Crippen MR) is 64.8 cm³/mol. The van der Waals surface area contributed by atoms with Gasteiger partial charge in [0.1, 0.15) is 29.5 Å². The smallest absolute Gasteiger partial charge is 0.267 e. The van der Waals surface area contributed by atoms with E-state index in [1.807, 2.05) is 0 Å². The lowest BCUT2D eigenvalue weighted by molar-refractivity contribution is 0.366. The van der Waals surface area contributed by atoms with Crippen molar-refractivity contribution in [2.24, 2.45) is 0 Å². The van der Waals surface area contributed by atoms with E-state index in [4.69, 9.17) is 26.3 Å². The first-order chi connectivity index (χ1) is 9.17. The molecule has 19 heavy (non-hydrogen) atoms. The highest BCUT2D eigenvalue weighted by Crippen LogP contribution is 2.35. The normalized spacial score (nSPS) is 9.79. The van der Waals surface area contributed by atoms with Crippen molar-refractivity contribution in [2.45, 2.75) is 0 Å². The minimum absolute atomic E-state index is 0.00426. The molecule has 0 saturated carbocycles. The number of methoxy groups -OCH3 is 1. The highest BCUT2D eigenvalue weighted by atomic mass is 35.5. The van der Waals surface area contributed by atoms with E-state index >= 15 is 0 Å². The molecule has 0 aliphatic rings. The number of hydrogen-bond acceptors (Lipinski definition) is 5. The highest BCUT2D eigenvalue weighted by Gasteiger charge is 2.16. The van der Waals surface area contributed by atoms with Gasteiger partial charge in [0.2, 0.25) is 5.75 Å². The van der Waals surface area contributed by atoms with Gasteiger partial charge in [0.15, 0.2) is 5.15 Å². The summed E-state index contributed by atoms with van der Waals surface area (Å²) in [5, 5.41) is 8.96. The molecular formula is C12H7ClFN3O2. The summed E-state index contributed by atoms with van der Waals surface area (Å²) in [6.07, 6.45) is 1.17. The molecule has 0 aliphatic carbocycles. The molecule has 2 aromatic rings. The maximum absolute atomic E-state index is 13.4. The Morgan fingerprint density at radius 2 is 2.16 bits per heavy atom. The van der Waals surface area contributed by atoms with Crippen LogP contribution in [0.5, 0.6) is 17.4 Å². The van der Waals surface area contributed by atoms with Crippen LogP contribution >= 0.6 is 11.6 Å². The third kappa shape index (κ3) is 2.56. The molecule has 0 atom stereocenters. The molecule has 5 nitrogen and oxygen atoms in total. The monoisotopic (exact) mass is 279 g/mol. The highest BCUT2D eigenvalue weighted by molar-refractivity contribution is 6.31. The van der Waals surface area contributed by atoms with Gasteiger partial charge in [-0.25, -0.2) is 9.37 Å². The second-order valence-electron chi connectivity index (χ2n) is 3.33. The third-order valence-corrected chi connectivity index (χ3v) is 2.49. The van der Waals surface area contributed by atoms with Gasteiger partial charge in [-0.15, -0.1) is 0 Å². The lowest BCUT2D eigenvalue weighted by Gasteiger charge is -2.10. The Hall–Kier alpha value is -2.39. The lowest BCUT2D eigenvalue weighted by Crippen LogP contribution is -1.97. The molecule has 1 heterocycles. The average Bonchev–Trinajstić information content (AvgIpc) is 2.39. The second kappa shape index (κ2) is 5.50. The van der Waals surface area contributed by atoms with Crippen LogP contribution in [-0.4, -0.2) is 17.1 Å². The molecule has 1 aromatic heterocycles. The van der Waals surface area contributed by atoms with Crippen molar-refractivity contribution in [2.75, 3.05) is 7.11 Å². The largest absolute Gasteiger partial charge is 0.489 e. The van der Waals surface area contributed by atoms with Gasteiger partial charge in [-0.1, -0.05) is 17.7 Å². The Morgan fingerprint density at radius 1 is 1.37 bits per heavy atom. The van der Waals surface area contributed by atoms with Crippen molar-refractivity contribution < 1.29 is 13.9 Å². The van der Waals surface area contributed by atoms with Crippen molar-refractivity contribution in [1.29, 1.82) is 5.26 Å². The molecule has 0 spiro atoms. The van der Waals surface area contributed by atoms with Gasteiger partial charge in [0.25, 0.3) is 5.88 Å². The number of benzene rings is 1. The van der Waals surface area contributed by atoms with Crippen LogP contribution in [0.4, 0.5) is 4.39 Å². The maximum Gasteiger partial charge on any atom is 0.267 e. The van der Waals surface area contributed by atoms with Gasteiger partial charge in [-0.3, -0.25) is 0 Å². The first kappa shape index (κ1) is 13.1. The number of aromatic nitrogens is 2. The van der Waals surface area contributed by atoms with Crippen LogP contribution in [0.25, 0.3) is 0 Å². The number of hydrogen-bond donors (Lipinski definition) is 0. The molecule has 0 unspecified atom stereocenters. The van der Waals surface area contributed by atoms with Crippen molar-refractivity contribution >= 4 is 11.6 Å². The van der Waals surface area contributed by atoms with E-state index < -0.39 is 5.82 Å². The van der Waals surface area contributed by atoms with Crippen LogP contribution in [0.3, 0.4) is 0 Å². The van der Waals surface area contributed by atoms with Gasteiger partial charge >= 0.3 is 0 Å². The minimum Gasteiger partial charge on any atom is -0.489 e. The van der Waals surface area contributed by atoms with Crippen LogP contribution in [0.15, 0.2) is 24.5 Å². The van der Waals surface area contributed by atoms with E-state index in [0.717, 1.165) is 6.07 Å². The van der Waals surface area contributed by atoms with Crippen molar-refractivity contribution in [3.8, 4) is 23.4 Å². The number of ether oxygens (including phenoxy) is 2. The van der Waals surface area contributed by atoms with E-state index in [1.54, 1.807) is 6.07 Å². The summed E-state index contributed by atoms with van der Waals surface area (Å²) in [5.41, 5.74) is -0.223. The minimum atomic E-state index is -0.681. The topological polar surface area (TPSA) is 68.0 Å². The Balaban J connectivity index is 2.46. The molecule has 0 saturated heterocycles. The van der Waals surface area contributed by atoms with Crippen LogP contribution in [-0.2, 0) is 0 Å². The Labute approximate surface area is 113 Å². The van der Waals surface area contributed by atoms with E-state index in [0.29, 0.717) is 0 Å². The lowest BCUT2D eigenvalue weighted by atomic mass is 10.2. The molecule has 0 radical (unpaired) electrons. The quantitative estimate of drug-likeness (QED) is 0.808. The Morgan fingerprint density at radius 3 is 2.84 bits per heavy atom. The first-order valence-corrected chi connectivity index (χ1v) is 5.46. The van der Waals surface area contributed by atoms with Crippen molar-refractivity contribution in [3.05, 3.63) is 41.1 Å². The van der Waals surface area contributed by atoms with E-state index in [9.17, 15) is 4.39 Å². The van der Waals surface area contributed by atoms with Crippen LogP contribution in [0.1, 0.15) is 5.56 Å². The van der Waals surface area contributed by atoms with Gasteiger partial charge in [-0.05, 0) is 12.1 Å². The van der Waals surface area contributed by atoms with Gasteiger partial charge < -0.3 is 9.47 Å². The zero-order valence-electron chi connectivity index (χ0n) is 9.72. The zero-order chi connectivity index (χ0) is 13.8. The van der Waals surface area contributed by atoms with Gasteiger partial charge in [0.05, 0.1) is 7.11 Å². The summed E-state index contributed by atoms with van der Waals surface area (Å²) in [7, 11) is 1.37. The molecule has 1 aromatic carbocycles. The summed E-state index contributed by atoms with van der Waals surface area (Å²) in [4.78, 5) is 7.56. The zero-order valence-corrected chi connectivity index (χ0v) is 10.5. The number of rotatable bonds is 3. The number of nitriles is 1. The molecule has 7 heteroatoms. The predicted octanol–water partition coefficient (Wildman–Crippen LogP) is 2.94. The Bertz CT molecular complexity index is 658. The van der Waals surface area contributed by atoms with E-state index in [2.05, 4.69) is 9.97 Å². The maximum atomic E-state index is 13.4. The molecule has 0 N–H and O–H groups in total. The average molecular weight is 280 g/mol. The fourth-order valence-corrected chi connectivity index (χ4v) is 1.59. The van der Waals surface area contributed by atoms with Crippen molar-refractivity contribution in [3.63, 3.8) is 0 Å². The SMILES string of the molecule is COc1c(Cl)ncnc1Oc1cccc(F)c1C#N. The van der Waals surface area contributed by atoms with Crippen LogP contribution < -0.4 is 9.47 Å². The molecule has 0 fully saturated rings. The fraction of sp³-hybridized carbons (Fsp3) is 0.0833. The third-order valence-electron chi connectivity index (χ3n) is 2.23. The summed E-state index contributed by atoms with van der Waals surface area (Å²) < 4.78 is 23.8. The van der Waals surface area contributed by atoms with E-state index in [-0.39, 0.29) is 28.1 Å². The van der Waals surface area contributed by atoms with Crippen LogP contribution in [0, 0.1) is 17.1 Å². The summed E-state index contributed by atoms with van der Waals surface area (Å²) in [5.74, 6) is -0.545. The molecule has 96 valence electrons. The standard InChI is InChI=1S/C12H7ClFN3O2/c1-18-10-11(13)16-6-17-12(10)19-9-4-2-3-8(14)7(9)5-15/h2-4,6H,1H3. The van der Waals surface area contributed by atoms with Gasteiger partial charge in [0, 0.05) is 0 Å². The van der Waals surface area contributed by atoms with Crippen LogP contribution in [0.2, 0.25) is 5.15 Å². The molecular weight excluding hydrogens is 273 g/mol. The number of nitrogens with zero attached hydrogens (tertiary/aromatic N) is 3.